The maximum Gasteiger partial charge on any atom is 0.356 e. The van der Waals surface area contributed by atoms with Crippen LogP contribution in [0.4, 0.5) is 0 Å². The van der Waals surface area contributed by atoms with Crippen LogP contribution in [0.2, 0.25) is 5.15 Å². The molecular formula is C21H16ClN5O2. The normalized spacial score (nSPS) is 12.5. The molecule has 144 valence electrons. The van der Waals surface area contributed by atoms with E-state index < -0.39 is 5.97 Å². The van der Waals surface area contributed by atoms with Crippen LogP contribution in [0.3, 0.4) is 0 Å². The Balaban J connectivity index is 1.80. The van der Waals surface area contributed by atoms with E-state index in [2.05, 4.69) is 10.1 Å². The van der Waals surface area contributed by atoms with Gasteiger partial charge in [0.25, 0.3) is 0 Å². The van der Waals surface area contributed by atoms with Crippen LogP contribution in [0, 0.1) is 6.92 Å². The number of benzene rings is 1. The van der Waals surface area contributed by atoms with Gasteiger partial charge in [0, 0.05) is 29.9 Å². The average molecular weight is 406 g/mol. The summed E-state index contributed by atoms with van der Waals surface area (Å²) in [7, 11) is 0. The molecule has 7 nitrogen and oxygen atoms in total. The molecule has 0 radical (unpaired) electrons. The Morgan fingerprint density at radius 2 is 2.00 bits per heavy atom. The summed E-state index contributed by atoms with van der Waals surface area (Å²) < 4.78 is 3.62. The van der Waals surface area contributed by atoms with Gasteiger partial charge in [0.1, 0.15) is 5.15 Å². The Kier molecular flexibility index (Phi) is 3.99. The Hall–Kier alpha value is -3.45. The van der Waals surface area contributed by atoms with Crippen LogP contribution >= 0.6 is 11.6 Å². The number of para-hydroxylation sites is 1. The van der Waals surface area contributed by atoms with Gasteiger partial charge in [-0.25, -0.2) is 14.5 Å². The van der Waals surface area contributed by atoms with E-state index in [-0.39, 0.29) is 5.69 Å². The molecule has 29 heavy (non-hydrogen) atoms. The van der Waals surface area contributed by atoms with Crippen LogP contribution in [0.15, 0.2) is 48.7 Å². The van der Waals surface area contributed by atoms with Crippen molar-refractivity contribution < 1.29 is 9.90 Å². The first-order chi connectivity index (χ1) is 14.0. The quantitative estimate of drug-likeness (QED) is 0.520. The fraction of sp³-hybridized carbons (Fsp3) is 0.143. The Labute approximate surface area is 171 Å². The molecule has 8 heteroatoms. The minimum Gasteiger partial charge on any atom is -0.476 e. The molecule has 0 bridgehead atoms. The molecule has 0 fully saturated rings. The number of aryl methyl sites for hydroxylation is 2. The molecule has 1 aliphatic rings. The lowest BCUT2D eigenvalue weighted by molar-refractivity contribution is 0.0689. The lowest BCUT2D eigenvalue weighted by atomic mass is 10.00. The van der Waals surface area contributed by atoms with Gasteiger partial charge in [0.05, 0.1) is 22.8 Å². The number of aromatic carboxylic acids is 1. The molecule has 0 saturated heterocycles. The highest BCUT2D eigenvalue weighted by Crippen LogP contribution is 2.38. The number of carboxylic acids is 1. The van der Waals surface area contributed by atoms with Gasteiger partial charge in [-0.3, -0.25) is 4.68 Å². The van der Waals surface area contributed by atoms with Crippen LogP contribution in [0.5, 0.6) is 0 Å². The van der Waals surface area contributed by atoms with E-state index in [9.17, 15) is 9.90 Å². The number of carbonyl (C=O) groups is 1. The van der Waals surface area contributed by atoms with E-state index in [1.165, 1.54) is 0 Å². The zero-order valence-corrected chi connectivity index (χ0v) is 16.3. The number of hydrogen-bond donors (Lipinski definition) is 1. The molecule has 3 aromatic heterocycles. The number of carboxylic acid groups (broad SMARTS) is 1. The number of hydrogen-bond acceptors (Lipinski definition) is 4. The largest absolute Gasteiger partial charge is 0.476 e. The minimum absolute atomic E-state index is 0.0279. The summed E-state index contributed by atoms with van der Waals surface area (Å²) in [6.45, 7) is 2.61. The molecule has 4 heterocycles. The topological polar surface area (TPSA) is 85.8 Å². The van der Waals surface area contributed by atoms with Crippen molar-refractivity contribution in [2.75, 3.05) is 0 Å². The van der Waals surface area contributed by atoms with Crippen LogP contribution in [-0.2, 0) is 13.0 Å². The fourth-order valence-electron chi connectivity index (χ4n) is 3.77. The van der Waals surface area contributed by atoms with Crippen molar-refractivity contribution in [3.63, 3.8) is 0 Å². The molecule has 0 unspecified atom stereocenters. The molecule has 4 aromatic rings. The van der Waals surface area contributed by atoms with E-state index in [4.69, 9.17) is 16.7 Å². The van der Waals surface area contributed by atoms with Crippen LogP contribution in [0.25, 0.3) is 28.3 Å². The molecule has 5 rings (SSSR count). The third-order valence-electron chi connectivity index (χ3n) is 5.14. The molecule has 1 aromatic carbocycles. The standard InChI is InChI=1S/C21H16ClN5O2/c1-12-4-2-3-5-16(12)27-20-14(19(25-27)13-6-7-18(22)23-11-13)8-9-26-17(20)10-15(24-26)21(28)29/h2-7,10-11H,8-9H2,1H3,(H,28,29). The lowest BCUT2D eigenvalue weighted by Gasteiger charge is -2.17. The van der Waals surface area contributed by atoms with Gasteiger partial charge in [-0.1, -0.05) is 29.8 Å². The van der Waals surface area contributed by atoms with Gasteiger partial charge in [0.2, 0.25) is 0 Å². The second-order valence-electron chi connectivity index (χ2n) is 6.94. The third-order valence-corrected chi connectivity index (χ3v) is 5.37. The second kappa shape index (κ2) is 6.56. The highest BCUT2D eigenvalue weighted by Gasteiger charge is 2.29. The first kappa shape index (κ1) is 17.6. The number of nitrogens with zero attached hydrogens (tertiary/aromatic N) is 5. The SMILES string of the molecule is Cc1ccccc1-n1nc(-c2ccc(Cl)nc2)c2c1-c1cc(C(=O)O)nn1CC2. The summed E-state index contributed by atoms with van der Waals surface area (Å²) in [4.78, 5) is 15.7. The fourth-order valence-corrected chi connectivity index (χ4v) is 3.89. The van der Waals surface area contributed by atoms with E-state index in [1.807, 2.05) is 41.9 Å². The van der Waals surface area contributed by atoms with E-state index in [0.717, 1.165) is 39.5 Å². The van der Waals surface area contributed by atoms with Crippen molar-refractivity contribution in [3.05, 3.63) is 70.6 Å². The highest BCUT2D eigenvalue weighted by molar-refractivity contribution is 6.29. The van der Waals surface area contributed by atoms with E-state index in [0.29, 0.717) is 18.1 Å². The Bertz CT molecular complexity index is 1260. The monoisotopic (exact) mass is 405 g/mol. The molecule has 0 amide bonds. The van der Waals surface area contributed by atoms with Crippen LogP contribution in [-0.4, -0.2) is 35.6 Å². The summed E-state index contributed by atoms with van der Waals surface area (Å²) in [5.74, 6) is -1.04. The van der Waals surface area contributed by atoms with Gasteiger partial charge >= 0.3 is 5.97 Å². The predicted octanol–water partition coefficient (Wildman–Crippen LogP) is 4.01. The Morgan fingerprint density at radius 3 is 2.72 bits per heavy atom. The molecule has 1 aliphatic heterocycles. The highest BCUT2D eigenvalue weighted by atomic mass is 35.5. The number of rotatable bonds is 3. The predicted molar refractivity (Wildman–Crippen MR) is 108 cm³/mol. The van der Waals surface area contributed by atoms with Crippen molar-refractivity contribution in [1.29, 1.82) is 0 Å². The average Bonchev–Trinajstić information content (AvgIpc) is 3.30. The molecular weight excluding hydrogens is 390 g/mol. The molecule has 0 saturated carbocycles. The minimum atomic E-state index is -1.04. The molecule has 1 N–H and O–H groups in total. The number of aromatic nitrogens is 5. The Morgan fingerprint density at radius 1 is 1.17 bits per heavy atom. The maximum absolute atomic E-state index is 11.5. The maximum atomic E-state index is 11.5. The van der Waals surface area contributed by atoms with Crippen LogP contribution < -0.4 is 0 Å². The zero-order chi connectivity index (χ0) is 20.1. The van der Waals surface area contributed by atoms with Crippen molar-refractivity contribution in [2.24, 2.45) is 0 Å². The van der Waals surface area contributed by atoms with Gasteiger partial charge in [-0.05, 0) is 37.1 Å². The number of pyridine rings is 1. The molecule has 0 spiro atoms. The lowest BCUT2D eigenvalue weighted by Crippen LogP contribution is -2.14. The van der Waals surface area contributed by atoms with Crippen molar-refractivity contribution in [2.45, 2.75) is 19.9 Å². The van der Waals surface area contributed by atoms with Crippen molar-refractivity contribution in [1.82, 2.24) is 24.5 Å². The summed E-state index contributed by atoms with van der Waals surface area (Å²) >= 11 is 5.96. The first-order valence-corrected chi connectivity index (χ1v) is 9.52. The van der Waals surface area contributed by atoms with E-state index in [1.54, 1.807) is 23.0 Å². The summed E-state index contributed by atoms with van der Waals surface area (Å²) in [6, 6.07) is 13.2. The molecule has 0 aliphatic carbocycles. The summed E-state index contributed by atoms with van der Waals surface area (Å²) in [5.41, 5.74) is 6.35. The second-order valence-corrected chi connectivity index (χ2v) is 7.32. The zero-order valence-electron chi connectivity index (χ0n) is 15.5. The van der Waals surface area contributed by atoms with Crippen LogP contribution in [0.1, 0.15) is 21.6 Å². The number of halogens is 1. The summed E-state index contributed by atoms with van der Waals surface area (Å²) in [6.07, 6.45) is 2.40. The van der Waals surface area contributed by atoms with Gasteiger partial charge in [-0.15, -0.1) is 0 Å². The van der Waals surface area contributed by atoms with E-state index >= 15 is 0 Å². The molecule has 0 atom stereocenters. The smallest absolute Gasteiger partial charge is 0.356 e. The van der Waals surface area contributed by atoms with Gasteiger partial charge < -0.3 is 5.11 Å². The van der Waals surface area contributed by atoms with Crippen molar-refractivity contribution in [3.8, 4) is 28.3 Å². The summed E-state index contributed by atoms with van der Waals surface area (Å²) in [5, 5.41) is 19.0. The van der Waals surface area contributed by atoms with Crippen molar-refractivity contribution >= 4 is 17.6 Å². The third kappa shape index (κ3) is 2.82. The number of fused-ring (bicyclic) bond motifs is 3. The van der Waals surface area contributed by atoms with Gasteiger partial charge in [0.15, 0.2) is 5.69 Å². The van der Waals surface area contributed by atoms with Gasteiger partial charge in [-0.2, -0.15) is 10.2 Å². The first-order valence-electron chi connectivity index (χ1n) is 9.14.